The lowest BCUT2D eigenvalue weighted by molar-refractivity contribution is -0.115. The van der Waals surface area contributed by atoms with E-state index in [0.29, 0.717) is 17.9 Å². The SMILES string of the molecule is Cc1nnc(SCCC(=O)Nc2ccc(F)c(Cl)c2)s1. The standard InChI is InChI=1S/C12H11ClFN3OS2/c1-7-16-17-12(20-7)19-5-4-11(18)15-8-2-3-10(14)9(13)6-8/h2-3,6H,4-5H2,1H3,(H,15,18). The molecule has 0 radical (unpaired) electrons. The first kappa shape index (κ1) is 15.2. The second-order valence-corrected chi connectivity index (χ2v) is 6.79. The van der Waals surface area contributed by atoms with Crippen molar-refractivity contribution in [1.82, 2.24) is 10.2 Å². The number of anilines is 1. The summed E-state index contributed by atoms with van der Waals surface area (Å²) < 4.78 is 13.8. The molecule has 20 heavy (non-hydrogen) atoms. The molecular weight excluding hydrogens is 321 g/mol. The van der Waals surface area contributed by atoms with Gasteiger partial charge in [-0.25, -0.2) is 4.39 Å². The first-order valence-corrected chi connectivity index (χ1v) is 7.90. The van der Waals surface area contributed by atoms with Gasteiger partial charge < -0.3 is 5.32 Å². The third-order valence-corrected chi connectivity index (χ3v) is 4.53. The summed E-state index contributed by atoms with van der Waals surface area (Å²) in [5, 5.41) is 11.4. The summed E-state index contributed by atoms with van der Waals surface area (Å²) in [6, 6.07) is 4.08. The van der Waals surface area contributed by atoms with Crippen molar-refractivity contribution in [1.29, 1.82) is 0 Å². The number of aryl methyl sites for hydroxylation is 1. The monoisotopic (exact) mass is 331 g/mol. The topological polar surface area (TPSA) is 54.9 Å². The van der Waals surface area contributed by atoms with E-state index in [-0.39, 0.29) is 10.9 Å². The van der Waals surface area contributed by atoms with Crippen LogP contribution in [0, 0.1) is 12.7 Å². The molecule has 1 aromatic carbocycles. The van der Waals surface area contributed by atoms with Gasteiger partial charge in [-0.15, -0.1) is 10.2 Å². The Labute approximate surface area is 128 Å². The van der Waals surface area contributed by atoms with E-state index in [9.17, 15) is 9.18 Å². The van der Waals surface area contributed by atoms with E-state index in [0.717, 1.165) is 9.35 Å². The summed E-state index contributed by atoms with van der Waals surface area (Å²) in [5.74, 6) is -0.0525. The van der Waals surface area contributed by atoms with Gasteiger partial charge in [0.2, 0.25) is 5.91 Å². The average molecular weight is 332 g/mol. The lowest BCUT2D eigenvalue weighted by Gasteiger charge is -2.05. The molecule has 0 bridgehead atoms. The molecule has 0 atom stereocenters. The smallest absolute Gasteiger partial charge is 0.225 e. The number of carbonyl (C=O) groups is 1. The zero-order valence-electron chi connectivity index (χ0n) is 10.5. The number of benzene rings is 1. The molecule has 0 aliphatic rings. The van der Waals surface area contributed by atoms with Crippen LogP contribution in [0.15, 0.2) is 22.5 Å². The highest BCUT2D eigenvalue weighted by Crippen LogP contribution is 2.23. The van der Waals surface area contributed by atoms with Crippen molar-refractivity contribution in [3.05, 3.63) is 34.0 Å². The lowest BCUT2D eigenvalue weighted by Crippen LogP contribution is -2.12. The fourth-order valence-corrected chi connectivity index (χ4v) is 3.37. The number of aromatic nitrogens is 2. The highest BCUT2D eigenvalue weighted by atomic mass is 35.5. The minimum Gasteiger partial charge on any atom is -0.326 e. The number of thioether (sulfide) groups is 1. The Hall–Kier alpha value is -1.18. The number of nitrogens with one attached hydrogen (secondary N) is 1. The van der Waals surface area contributed by atoms with E-state index in [1.807, 2.05) is 6.92 Å². The van der Waals surface area contributed by atoms with E-state index in [1.54, 1.807) is 0 Å². The van der Waals surface area contributed by atoms with E-state index in [4.69, 9.17) is 11.6 Å². The molecule has 0 unspecified atom stereocenters. The van der Waals surface area contributed by atoms with Gasteiger partial charge in [-0.2, -0.15) is 0 Å². The Balaban J connectivity index is 1.79. The summed E-state index contributed by atoms with van der Waals surface area (Å²) in [6.07, 6.45) is 0.332. The van der Waals surface area contributed by atoms with Crippen LogP contribution in [0.4, 0.5) is 10.1 Å². The molecule has 2 aromatic rings. The second-order valence-electron chi connectivity index (χ2n) is 3.86. The number of halogens is 2. The van der Waals surface area contributed by atoms with E-state index in [2.05, 4.69) is 15.5 Å². The average Bonchev–Trinajstić information content (AvgIpc) is 2.80. The van der Waals surface area contributed by atoms with Gasteiger partial charge in [-0.1, -0.05) is 34.7 Å². The number of hydrogen-bond acceptors (Lipinski definition) is 5. The third kappa shape index (κ3) is 4.43. The van der Waals surface area contributed by atoms with Gasteiger partial charge in [0.05, 0.1) is 5.02 Å². The molecule has 1 heterocycles. The molecule has 1 N–H and O–H groups in total. The van der Waals surface area contributed by atoms with Gasteiger partial charge >= 0.3 is 0 Å². The van der Waals surface area contributed by atoms with Crippen molar-refractivity contribution < 1.29 is 9.18 Å². The fourth-order valence-electron chi connectivity index (χ4n) is 1.37. The van der Waals surface area contributed by atoms with E-state index < -0.39 is 5.82 Å². The summed E-state index contributed by atoms with van der Waals surface area (Å²) in [4.78, 5) is 11.7. The molecule has 0 spiro atoms. The summed E-state index contributed by atoms with van der Waals surface area (Å²) in [6.45, 7) is 1.88. The normalized spacial score (nSPS) is 10.6. The van der Waals surface area contributed by atoms with Gasteiger partial charge in [0.15, 0.2) is 4.34 Å². The Morgan fingerprint density at radius 1 is 1.50 bits per heavy atom. The van der Waals surface area contributed by atoms with Crippen molar-refractivity contribution in [3.63, 3.8) is 0 Å². The molecule has 0 aliphatic carbocycles. The minimum absolute atomic E-state index is 0.0125. The molecule has 1 amide bonds. The van der Waals surface area contributed by atoms with Crippen LogP contribution in [-0.4, -0.2) is 21.9 Å². The van der Waals surface area contributed by atoms with Crippen LogP contribution in [0.2, 0.25) is 5.02 Å². The minimum atomic E-state index is -0.508. The molecule has 1 aromatic heterocycles. The summed E-state index contributed by atoms with van der Waals surface area (Å²) in [7, 11) is 0. The molecule has 2 rings (SSSR count). The molecule has 106 valence electrons. The predicted molar refractivity (Wildman–Crippen MR) is 80.0 cm³/mol. The van der Waals surface area contributed by atoms with Crippen LogP contribution in [0.3, 0.4) is 0 Å². The summed E-state index contributed by atoms with van der Waals surface area (Å²) >= 11 is 8.62. The van der Waals surface area contributed by atoms with Crippen molar-refractivity contribution >= 4 is 46.3 Å². The largest absolute Gasteiger partial charge is 0.326 e. The molecule has 4 nitrogen and oxygen atoms in total. The van der Waals surface area contributed by atoms with Crippen molar-refractivity contribution in [2.75, 3.05) is 11.1 Å². The first-order valence-electron chi connectivity index (χ1n) is 5.72. The number of rotatable bonds is 5. The number of nitrogens with zero attached hydrogens (tertiary/aromatic N) is 2. The van der Waals surface area contributed by atoms with E-state index in [1.165, 1.54) is 41.3 Å². The Bertz CT molecular complexity index is 620. The van der Waals surface area contributed by atoms with Crippen molar-refractivity contribution in [2.24, 2.45) is 0 Å². The predicted octanol–water partition coefficient (Wildman–Crippen LogP) is 3.76. The fraction of sp³-hybridized carbons (Fsp3) is 0.250. The maximum Gasteiger partial charge on any atom is 0.225 e. The van der Waals surface area contributed by atoms with Crippen LogP contribution >= 0.6 is 34.7 Å². The third-order valence-electron chi connectivity index (χ3n) is 2.27. The highest BCUT2D eigenvalue weighted by molar-refractivity contribution is 8.01. The van der Waals surface area contributed by atoms with Crippen LogP contribution in [0.5, 0.6) is 0 Å². The maximum atomic E-state index is 13.0. The van der Waals surface area contributed by atoms with Crippen LogP contribution in [0.25, 0.3) is 0 Å². The van der Waals surface area contributed by atoms with E-state index >= 15 is 0 Å². The van der Waals surface area contributed by atoms with Crippen molar-refractivity contribution in [3.8, 4) is 0 Å². The Morgan fingerprint density at radius 2 is 2.30 bits per heavy atom. The molecule has 0 saturated heterocycles. The molecule has 8 heteroatoms. The lowest BCUT2D eigenvalue weighted by atomic mass is 10.3. The zero-order valence-corrected chi connectivity index (χ0v) is 12.9. The molecule has 0 saturated carbocycles. The Kier molecular flexibility index (Phi) is 5.33. The first-order chi connectivity index (χ1) is 9.54. The van der Waals surface area contributed by atoms with Gasteiger partial charge in [0.25, 0.3) is 0 Å². The molecule has 0 aliphatic heterocycles. The second kappa shape index (κ2) is 7.01. The van der Waals surface area contributed by atoms with Crippen LogP contribution < -0.4 is 5.32 Å². The van der Waals surface area contributed by atoms with Crippen LogP contribution in [0.1, 0.15) is 11.4 Å². The number of carbonyl (C=O) groups excluding carboxylic acids is 1. The van der Waals surface area contributed by atoms with Crippen molar-refractivity contribution in [2.45, 2.75) is 17.7 Å². The maximum absolute atomic E-state index is 13.0. The highest BCUT2D eigenvalue weighted by Gasteiger charge is 2.07. The number of amides is 1. The van der Waals surface area contributed by atoms with Gasteiger partial charge in [-0.3, -0.25) is 4.79 Å². The van der Waals surface area contributed by atoms with Gasteiger partial charge in [0.1, 0.15) is 10.8 Å². The summed E-state index contributed by atoms with van der Waals surface area (Å²) in [5.41, 5.74) is 0.484. The number of hydrogen-bond donors (Lipinski definition) is 1. The van der Waals surface area contributed by atoms with Gasteiger partial charge in [0, 0.05) is 17.9 Å². The Morgan fingerprint density at radius 3 is 2.95 bits per heavy atom. The van der Waals surface area contributed by atoms with Crippen LogP contribution in [-0.2, 0) is 4.79 Å². The zero-order chi connectivity index (χ0) is 14.5. The van der Waals surface area contributed by atoms with Gasteiger partial charge in [-0.05, 0) is 25.1 Å². The molecular formula is C12H11ClFN3OS2. The quantitative estimate of drug-likeness (QED) is 0.847. The molecule has 0 fully saturated rings.